The number of aromatic hydroxyl groups is 1. The first-order valence-electron chi connectivity index (χ1n) is 5.68. The molecule has 1 rings (SSSR count). The van der Waals surface area contributed by atoms with E-state index < -0.39 is 5.97 Å². The first-order chi connectivity index (χ1) is 7.60. The van der Waals surface area contributed by atoms with Crippen LogP contribution < -0.4 is 0 Å². The molecule has 0 heterocycles. The van der Waals surface area contributed by atoms with Crippen LogP contribution >= 0.6 is 0 Å². The highest BCUT2D eigenvalue weighted by Crippen LogP contribution is 2.27. The first kappa shape index (κ1) is 12.6. The third kappa shape index (κ3) is 2.75. The van der Waals surface area contributed by atoms with Gasteiger partial charge in [-0.25, -0.2) is 4.79 Å². The average Bonchev–Trinajstić information content (AvgIpc) is 2.24. The molecule has 0 unspecified atom stereocenters. The number of carboxylic acids is 1. The Kier molecular flexibility index (Phi) is 4.35. The molecule has 0 amide bonds. The highest BCUT2D eigenvalue weighted by atomic mass is 16.4. The van der Waals surface area contributed by atoms with Crippen molar-refractivity contribution in [3.63, 3.8) is 0 Å². The van der Waals surface area contributed by atoms with Gasteiger partial charge in [-0.15, -0.1) is 0 Å². The van der Waals surface area contributed by atoms with Gasteiger partial charge in [0.15, 0.2) is 0 Å². The molecule has 3 nitrogen and oxygen atoms in total. The molecular weight excluding hydrogens is 204 g/mol. The third-order valence-corrected chi connectivity index (χ3v) is 2.55. The highest BCUT2D eigenvalue weighted by Gasteiger charge is 2.12. The molecule has 0 spiro atoms. The Morgan fingerprint density at radius 1 is 1.12 bits per heavy atom. The first-order valence-corrected chi connectivity index (χ1v) is 5.68. The molecule has 0 bridgehead atoms. The van der Waals surface area contributed by atoms with Crippen LogP contribution in [0.4, 0.5) is 0 Å². The van der Waals surface area contributed by atoms with Crippen molar-refractivity contribution in [2.75, 3.05) is 0 Å². The van der Waals surface area contributed by atoms with Crippen molar-refractivity contribution < 1.29 is 15.0 Å². The molecular formula is C13H18O3. The van der Waals surface area contributed by atoms with Gasteiger partial charge in [-0.3, -0.25) is 0 Å². The lowest BCUT2D eigenvalue weighted by atomic mass is 9.98. The fraction of sp³-hybridized carbons (Fsp3) is 0.462. The fourth-order valence-corrected chi connectivity index (χ4v) is 1.80. The Labute approximate surface area is 95.7 Å². The maximum absolute atomic E-state index is 10.9. The summed E-state index contributed by atoms with van der Waals surface area (Å²) in [6, 6.07) is 3.14. The molecule has 0 aromatic heterocycles. The second-order valence-corrected chi connectivity index (χ2v) is 3.95. The Morgan fingerprint density at radius 3 is 1.88 bits per heavy atom. The van der Waals surface area contributed by atoms with Gasteiger partial charge in [0.2, 0.25) is 0 Å². The largest absolute Gasteiger partial charge is 0.507 e. The van der Waals surface area contributed by atoms with Gasteiger partial charge in [-0.1, -0.05) is 26.7 Å². The summed E-state index contributed by atoms with van der Waals surface area (Å²) >= 11 is 0. The Morgan fingerprint density at radius 2 is 1.56 bits per heavy atom. The summed E-state index contributed by atoms with van der Waals surface area (Å²) in [6.45, 7) is 4.01. The second kappa shape index (κ2) is 5.54. The summed E-state index contributed by atoms with van der Waals surface area (Å²) in [7, 11) is 0. The number of aromatic carboxylic acids is 1. The topological polar surface area (TPSA) is 57.5 Å². The van der Waals surface area contributed by atoms with Gasteiger partial charge in [0, 0.05) is 0 Å². The van der Waals surface area contributed by atoms with Crippen molar-refractivity contribution in [2.24, 2.45) is 0 Å². The van der Waals surface area contributed by atoms with E-state index in [1.807, 2.05) is 13.8 Å². The molecule has 88 valence electrons. The fourth-order valence-electron chi connectivity index (χ4n) is 1.80. The molecule has 0 saturated carbocycles. The molecule has 0 radical (unpaired) electrons. The van der Waals surface area contributed by atoms with E-state index in [-0.39, 0.29) is 11.3 Å². The SMILES string of the molecule is CCCc1cc(C(=O)O)cc(CCC)c1O. The van der Waals surface area contributed by atoms with E-state index in [2.05, 4.69) is 0 Å². The molecule has 2 N–H and O–H groups in total. The van der Waals surface area contributed by atoms with Gasteiger partial charge < -0.3 is 10.2 Å². The van der Waals surface area contributed by atoms with Crippen LogP contribution in [0, 0.1) is 0 Å². The number of phenolic OH excluding ortho intramolecular Hbond substituents is 1. The van der Waals surface area contributed by atoms with Crippen LogP contribution in [0.1, 0.15) is 48.2 Å². The maximum atomic E-state index is 10.9. The number of benzene rings is 1. The molecule has 0 aliphatic carbocycles. The van der Waals surface area contributed by atoms with E-state index in [0.29, 0.717) is 12.8 Å². The van der Waals surface area contributed by atoms with Crippen LogP contribution in [0.25, 0.3) is 0 Å². The summed E-state index contributed by atoms with van der Waals surface area (Å²) in [4.78, 5) is 10.9. The van der Waals surface area contributed by atoms with Gasteiger partial charge in [-0.2, -0.15) is 0 Å². The number of phenols is 1. The van der Waals surface area contributed by atoms with Crippen molar-refractivity contribution in [3.8, 4) is 5.75 Å². The van der Waals surface area contributed by atoms with Gasteiger partial charge in [0.05, 0.1) is 5.56 Å². The normalized spacial score (nSPS) is 10.4. The van der Waals surface area contributed by atoms with E-state index in [4.69, 9.17) is 5.11 Å². The van der Waals surface area contributed by atoms with Crippen LogP contribution in [0.2, 0.25) is 0 Å². The van der Waals surface area contributed by atoms with Gasteiger partial charge in [-0.05, 0) is 36.1 Å². The van der Waals surface area contributed by atoms with Gasteiger partial charge in [0.1, 0.15) is 5.75 Å². The smallest absolute Gasteiger partial charge is 0.335 e. The molecule has 0 fully saturated rings. The summed E-state index contributed by atoms with van der Waals surface area (Å²) in [5, 5.41) is 18.9. The summed E-state index contributed by atoms with van der Waals surface area (Å²) in [6.07, 6.45) is 3.21. The number of rotatable bonds is 5. The zero-order valence-corrected chi connectivity index (χ0v) is 9.79. The van der Waals surface area contributed by atoms with E-state index >= 15 is 0 Å². The Bertz CT molecular complexity index is 356. The van der Waals surface area contributed by atoms with Crippen molar-refractivity contribution in [1.82, 2.24) is 0 Å². The van der Waals surface area contributed by atoms with Crippen molar-refractivity contribution in [1.29, 1.82) is 0 Å². The quantitative estimate of drug-likeness (QED) is 0.805. The van der Waals surface area contributed by atoms with E-state index in [9.17, 15) is 9.90 Å². The monoisotopic (exact) mass is 222 g/mol. The van der Waals surface area contributed by atoms with Crippen LogP contribution in [0.3, 0.4) is 0 Å². The molecule has 0 aliphatic rings. The zero-order valence-electron chi connectivity index (χ0n) is 9.79. The molecule has 0 saturated heterocycles. The van der Waals surface area contributed by atoms with E-state index in [1.165, 1.54) is 0 Å². The highest BCUT2D eigenvalue weighted by molar-refractivity contribution is 5.88. The van der Waals surface area contributed by atoms with Crippen molar-refractivity contribution in [3.05, 3.63) is 28.8 Å². The van der Waals surface area contributed by atoms with E-state index in [1.54, 1.807) is 12.1 Å². The summed E-state index contributed by atoms with van der Waals surface area (Å²) in [5.41, 5.74) is 1.75. The lowest BCUT2D eigenvalue weighted by Crippen LogP contribution is -2.01. The minimum Gasteiger partial charge on any atom is -0.507 e. The van der Waals surface area contributed by atoms with Crippen LogP contribution in [0.5, 0.6) is 5.75 Å². The predicted octanol–water partition coefficient (Wildman–Crippen LogP) is 3.00. The molecule has 0 atom stereocenters. The number of hydrogen-bond donors (Lipinski definition) is 2. The molecule has 1 aromatic carbocycles. The lowest BCUT2D eigenvalue weighted by Gasteiger charge is -2.10. The summed E-state index contributed by atoms with van der Waals surface area (Å²) in [5.74, 6) is -0.664. The average molecular weight is 222 g/mol. The number of aryl methyl sites for hydroxylation is 2. The van der Waals surface area contributed by atoms with Crippen LogP contribution in [-0.2, 0) is 12.8 Å². The van der Waals surface area contributed by atoms with Gasteiger partial charge in [0.25, 0.3) is 0 Å². The summed E-state index contributed by atoms with van der Waals surface area (Å²) < 4.78 is 0. The molecule has 16 heavy (non-hydrogen) atoms. The van der Waals surface area contributed by atoms with Gasteiger partial charge >= 0.3 is 5.97 Å². The second-order valence-electron chi connectivity index (χ2n) is 3.95. The van der Waals surface area contributed by atoms with Crippen molar-refractivity contribution in [2.45, 2.75) is 39.5 Å². The number of carboxylic acid groups (broad SMARTS) is 1. The standard InChI is InChI=1S/C13H18O3/c1-3-5-9-7-11(13(15)16)8-10(6-4-2)12(9)14/h7-8,14H,3-6H2,1-2H3,(H,15,16). The molecule has 0 aliphatic heterocycles. The minimum absolute atomic E-state index is 0.268. The van der Waals surface area contributed by atoms with Crippen LogP contribution in [-0.4, -0.2) is 16.2 Å². The number of carbonyl (C=O) groups is 1. The predicted molar refractivity (Wildman–Crippen MR) is 63.1 cm³/mol. The minimum atomic E-state index is -0.935. The Balaban J connectivity index is 3.21. The molecule has 1 aromatic rings. The van der Waals surface area contributed by atoms with Crippen LogP contribution in [0.15, 0.2) is 12.1 Å². The van der Waals surface area contributed by atoms with Crippen molar-refractivity contribution >= 4 is 5.97 Å². The maximum Gasteiger partial charge on any atom is 0.335 e. The zero-order chi connectivity index (χ0) is 12.1. The third-order valence-electron chi connectivity index (χ3n) is 2.55. The number of hydrogen-bond acceptors (Lipinski definition) is 2. The Hall–Kier alpha value is -1.51. The molecule has 3 heteroatoms. The lowest BCUT2D eigenvalue weighted by molar-refractivity contribution is 0.0696. The van der Waals surface area contributed by atoms with E-state index in [0.717, 1.165) is 24.0 Å².